The van der Waals surface area contributed by atoms with E-state index in [2.05, 4.69) is 6.58 Å². The zero-order chi connectivity index (χ0) is 12.3. The Morgan fingerprint density at radius 2 is 1.76 bits per heavy atom. The van der Waals surface area contributed by atoms with E-state index in [1.165, 1.54) is 0 Å². The van der Waals surface area contributed by atoms with Crippen LogP contribution in [0.2, 0.25) is 0 Å². The van der Waals surface area contributed by atoms with Gasteiger partial charge in [0.05, 0.1) is 5.56 Å². The SMILES string of the molecule is C=Cc1cccc(-c2ccc(C(=O)O)cc2)c1. The Hall–Kier alpha value is -2.35. The summed E-state index contributed by atoms with van der Waals surface area (Å²) in [6.45, 7) is 3.73. The molecular weight excluding hydrogens is 212 g/mol. The van der Waals surface area contributed by atoms with Crippen molar-refractivity contribution in [2.24, 2.45) is 0 Å². The van der Waals surface area contributed by atoms with Crippen LogP contribution in [0.25, 0.3) is 17.2 Å². The largest absolute Gasteiger partial charge is 0.478 e. The fourth-order valence-corrected chi connectivity index (χ4v) is 1.65. The minimum Gasteiger partial charge on any atom is -0.478 e. The summed E-state index contributed by atoms with van der Waals surface area (Å²) in [6, 6.07) is 14.8. The molecule has 0 atom stereocenters. The lowest BCUT2D eigenvalue weighted by Crippen LogP contribution is -1.94. The highest BCUT2D eigenvalue weighted by Gasteiger charge is 2.03. The molecule has 84 valence electrons. The first kappa shape index (κ1) is 11.1. The molecule has 2 nitrogen and oxygen atoms in total. The van der Waals surface area contributed by atoms with Crippen molar-refractivity contribution in [3.8, 4) is 11.1 Å². The van der Waals surface area contributed by atoms with Crippen LogP contribution in [0.1, 0.15) is 15.9 Å². The average Bonchev–Trinajstić information content (AvgIpc) is 2.39. The van der Waals surface area contributed by atoms with E-state index in [4.69, 9.17) is 5.11 Å². The second-order valence-electron chi connectivity index (χ2n) is 3.71. The standard InChI is InChI=1S/C15H12O2/c1-2-11-4-3-5-14(10-11)12-6-8-13(9-7-12)15(16)17/h2-10H,1H2,(H,16,17). The van der Waals surface area contributed by atoms with Gasteiger partial charge in [-0.25, -0.2) is 4.79 Å². The Balaban J connectivity index is 2.39. The molecule has 17 heavy (non-hydrogen) atoms. The smallest absolute Gasteiger partial charge is 0.335 e. The van der Waals surface area contributed by atoms with Crippen molar-refractivity contribution >= 4 is 12.0 Å². The van der Waals surface area contributed by atoms with Gasteiger partial charge in [-0.05, 0) is 34.9 Å². The van der Waals surface area contributed by atoms with Crippen molar-refractivity contribution in [1.82, 2.24) is 0 Å². The molecule has 1 N–H and O–H groups in total. The first-order valence-corrected chi connectivity index (χ1v) is 5.27. The second-order valence-corrected chi connectivity index (χ2v) is 3.71. The van der Waals surface area contributed by atoms with E-state index in [1.807, 2.05) is 36.4 Å². The summed E-state index contributed by atoms with van der Waals surface area (Å²) in [5, 5.41) is 8.82. The van der Waals surface area contributed by atoms with Gasteiger partial charge >= 0.3 is 5.97 Å². The Morgan fingerprint density at radius 3 is 2.35 bits per heavy atom. The fourth-order valence-electron chi connectivity index (χ4n) is 1.65. The van der Waals surface area contributed by atoms with Crippen molar-refractivity contribution in [3.05, 3.63) is 66.2 Å². The van der Waals surface area contributed by atoms with Crippen molar-refractivity contribution < 1.29 is 9.90 Å². The van der Waals surface area contributed by atoms with Crippen LogP contribution in [0.3, 0.4) is 0 Å². The Bertz CT molecular complexity index is 553. The zero-order valence-corrected chi connectivity index (χ0v) is 9.26. The maximum absolute atomic E-state index is 10.7. The minimum atomic E-state index is -0.906. The van der Waals surface area contributed by atoms with Crippen LogP contribution < -0.4 is 0 Å². The molecule has 0 heterocycles. The van der Waals surface area contributed by atoms with Crippen LogP contribution in [0, 0.1) is 0 Å². The molecule has 2 rings (SSSR count). The molecule has 0 aromatic heterocycles. The van der Waals surface area contributed by atoms with Gasteiger partial charge in [0, 0.05) is 0 Å². The molecule has 2 heteroatoms. The predicted molar refractivity (Wildman–Crippen MR) is 68.9 cm³/mol. The fraction of sp³-hybridized carbons (Fsp3) is 0. The van der Waals surface area contributed by atoms with E-state index in [0.717, 1.165) is 16.7 Å². The van der Waals surface area contributed by atoms with Crippen LogP contribution >= 0.6 is 0 Å². The molecule has 0 aliphatic carbocycles. The lowest BCUT2D eigenvalue weighted by atomic mass is 10.0. The molecule has 0 unspecified atom stereocenters. The van der Waals surface area contributed by atoms with E-state index in [-0.39, 0.29) is 0 Å². The first-order chi connectivity index (χ1) is 8.20. The number of benzene rings is 2. The number of hydrogen-bond donors (Lipinski definition) is 1. The highest BCUT2D eigenvalue weighted by atomic mass is 16.4. The predicted octanol–water partition coefficient (Wildman–Crippen LogP) is 3.69. The number of aromatic carboxylic acids is 1. The van der Waals surface area contributed by atoms with Crippen LogP contribution in [-0.4, -0.2) is 11.1 Å². The van der Waals surface area contributed by atoms with Gasteiger partial charge in [-0.3, -0.25) is 0 Å². The summed E-state index contributed by atoms with van der Waals surface area (Å²) in [7, 11) is 0. The molecule has 0 bridgehead atoms. The average molecular weight is 224 g/mol. The summed E-state index contributed by atoms with van der Waals surface area (Å²) < 4.78 is 0. The third-order valence-corrected chi connectivity index (χ3v) is 2.59. The van der Waals surface area contributed by atoms with Crippen molar-refractivity contribution in [2.75, 3.05) is 0 Å². The maximum atomic E-state index is 10.7. The van der Waals surface area contributed by atoms with Crippen molar-refractivity contribution in [1.29, 1.82) is 0 Å². The summed E-state index contributed by atoms with van der Waals surface area (Å²) >= 11 is 0. The summed E-state index contributed by atoms with van der Waals surface area (Å²) in [5.41, 5.74) is 3.40. The van der Waals surface area contributed by atoms with Gasteiger partial charge in [0.15, 0.2) is 0 Å². The monoisotopic (exact) mass is 224 g/mol. The molecule has 0 aliphatic rings. The van der Waals surface area contributed by atoms with Crippen molar-refractivity contribution in [3.63, 3.8) is 0 Å². The number of rotatable bonds is 3. The highest BCUT2D eigenvalue weighted by Crippen LogP contribution is 2.21. The molecule has 0 saturated heterocycles. The van der Waals surface area contributed by atoms with Gasteiger partial charge in [0.1, 0.15) is 0 Å². The molecule has 2 aromatic carbocycles. The van der Waals surface area contributed by atoms with Crippen LogP contribution in [0.5, 0.6) is 0 Å². The highest BCUT2D eigenvalue weighted by molar-refractivity contribution is 5.88. The van der Waals surface area contributed by atoms with Gasteiger partial charge in [0.25, 0.3) is 0 Å². The van der Waals surface area contributed by atoms with Gasteiger partial charge in [-0.1, -0.05) is 43.0 Å². The van der Waals surface area contributed by atoms with E-state index in [1.54, 1.807) is 18.2 Å². The van der Waals surface area contributed by atoms with Gasteiger partial charge in [-0.15, -0.1) is 0 Å². The second kappa shape index (κ2) is 4.66. The van der Waals surface area contributed by atoms with E-state index < -0.39 is 5.97 Å². The Kier molecular flexibility index (Phi) is 3.06. The lowest BCUT2D eigenvalue weighted by molar-refractivity contribution is 0.0697. The Labute approximate surface area is 99.8 Å². The summed E-state index contributed by atoms with van der Waals surface area (Å²) in [5.74, 6) is -0.906. The molecule has 0 radical (unpaired) electrons. The quantitative estimate of drug-likeness (QED) is 0.863. The number of carbonyl (C=O) groups is 1. The van der Waals surface area contributed by atoms with E-state index >= 15 is 0 Å². The van der Waals surface area contributed by atoms with Gasteiger partial charge < -0.3 is 5.11 Å². The normalized spacial score (nSPS) is 9.88. The Morgan fingerprint density at radius 1 is 1.06 bits per heavy atom. The lowest BCUT2D eigenvalue weighted by Gasteiger charge is -2.03. The molecule has 2 aromatic rings. The molecule has 0 amide bonds. The van der Waals surface area contributed by atoms with Crippen LogP contribution in [0.4, 0.5) is 0 Å². The van der Waals surface area contributed by atoms with Gasteiger partial charge in [0.2, 0.25) is 0 Å². The number of hydrogen-bond acceptors (Lipinski definition) is 1. The van der Waals surface area contributed by atoms with Crippen LogP contribution in [-0.2, 0) is 0 Å². The van der Waals surface area contributed by atoms with E-state index in [9.17, 15) is 4.79 Å². The minimum absolute atomic E-state index is 0.300. The van der Waals surface area contributed by atoms with Gasteiger partial charge in [-0.2, -0.15) is 0 Å². The third-order valence-electron chi connectivity index (χ3n) is 2.59. The van der Waals surface area contributed by atoms with E-state index in [0.29, 0.717) is 5.56 Å². The summed E-state index contributed by atoms with van der Waals surface area (Å²) in [4.78, 5) is 10.7. The molecule has 0 saturated carbocycles. The third kappa shape index (κ3) is 2.42. The molecule has 0 aliphatic heterocycles. The molecule has 0 spiro atoms. The first-order valence-electron chi connectivity index (χ1n) is 5.27. The number of carboxylic acids is 1. The number of carboxylic acid groups (broad SMARTS) is 1. The topological polar surface area (TPSA) is 37.3 Å². The van der Waals surface area contributed by atoms with Crippen molar-refractivity contribution in [2.45, 2.75) is 0 Å². The zero-order valence-electron chi connectivity index (χ0n) is 9.26. The molecular formula is C15H12O2. The summed E-state index contributed by atoms with van der Waals surface area (Å²) in [6.07, 6.45) is 1.79. The maximum Gasteiger partial charge on any atom is 0.335 e. The molecule has 0 fully saturated rings. The van der Waals surface area contributed by atoms with Crippen LogP contribution in [0.15, 0.2) is 55.1 Å².